The topological polar surface area (TPSA) is 61.8 Å². The minimum atomic E-state index is -0.545. The summed E-state index contributed by atoms with van der Waals surface area (Å²) < 4.78 is 17.2. The van der Waals surface area contributed by atoms with Crippen molar-refractivity contribution >= 4 is 11.9 Å². The van der Waals surface area contributed by atoms with Gasteiger partial charge in [0.05, 0.1) is 6.61 Å². The van der Waals surface area contributed by atoms with E-state index in [4.69, 9.17) is 14.2 Å². The van der Waals surface area contributed by atoms with E-state index >= 15 is 0 Å². The molecule has 0 aliphatic rings. The molecular weight excluding hydrogens is 669 g/mol. The first-order chi connectivity index (χ1) is 26.6. The number of ether oxygens (including phenoxy) is 3. The fraction of sp³-hybridized carbons (Fsp3) is 0.796. The van der Waals surface area contributed by atoms with Crippen LogP contribution in [0, 0.1) is 0 Å². The first kappa shape index (κ1) is 51.9. The van der Waals surface area contributed by atoms with Gasteiger partial charge in [0.1, 0.15) is 6.61 Å². The third kappa shape index (κ3) is 42.6. The molecule has 0 saturated heterocycles. The quantitative estimate of drug-likeness (QED) is 0.0353. The molecule has 0 aliphatic heterocycles. The molecule has 0 fully saturated rings. The molecule has 1 atom stereocenters. The minimum Gasteiger partial charge on any atom is -0.462 e. The van der Waals surface area contributed by atoms with Crippen molar-refractivity contribution in [1.29, 1.82) is 0 Å². The zero-order valence-electron chi connectivity index (χ0n) is 36.0. The Labute approximate surface area is 335 Å². The molecule has 0 heterocycles. The lowest BCUT2D eigenvalue weighted by Gasteiger charge is -2.18. The predicted octanol–water partition coefficient (Wildman–Crippen LogP) is 15.2. The summed E-state index contributed by atoms with van der Waals surface area (Å²) in [7, 11) is 0. The second-order valence-corrected chi connectivity index (χ2v) is 15.3. The molecule has 54 heavy (non-hydrogen) atoms. The number of rotatable bonds is 42. The number of allylic oxidation sites excluding steroid dienone is 8. The van der Waals surface area contributed by atoms with Gasteiger partial charge in [0.25, 0.3) is 0 Å². The third-order valence-electron chi connectivity index (χ3n) is 9.88. The van der Waals surface area contributed by atoms with E-state index in [0.717, 1.165) is 70.6 Å². The zero-order chi connectivity index (χ0) is 39.3. The van der Waals surface area contributed by atoms with Gasteiger partial charge in [-0.05, 0) is 57.8 Å². The fourth-order valence-electron chi connectivity index (χ4n) is 6.44. The van der Waals surface area contributed by atoms with Crippen LogP contribution >= 0.6 is 0 Å². The van der Waals surface area contributed by atoms with Gasteiger partial charge in [0.15, 0.2) is 6.10 Å². The Morgan fingerprint density at radius 2 is 0.833 bits per heavy atom. The van der Waals surface area contributed by atoms with Gasteiger partial charge in [-0.2, -0.15) is 0 Å². The van der Waals surface area contributed by atoms with E-state index in [-0.39, 0.29) is 25.2 Å². The molecule has 5 nitrogen and oxygen atoms in total. The molecule has 5 heteroatoms. The molecule has 0 aromatic rings. The third-order valence-corrected chi connectivity index (χ3v) is 9.88. The maximum absolute atomic E-state index is 12.7. The van der Waals surface area contributed by atoms with Gasteiger partial charge >= 0.3 is 11.9 Å². The molecule has 0 bridgehead atoms. The van der Waals surface area contributed by atoms with Gasteiger partial charge in [0.2, 0.25) is 0 Å². The van der Waals surface area contributed by atoms with Crippen LogP contribution in [-0.2, 0) is 23.8 Å². The van der Waals surface area contributed by atoms with E-state index in [0.29, 0.717) is 19.4 Å². The van der Waals surface area contributed by atoms with Gasteiger partial charge in [0, 0.05) is 19.4 Å². The van der Waals surface area contributed by atoms with Gasteiger partial charge in [-0.3, -0.25) is 9.59 Å². The SMILES string of the molecule is CC/C=C\C/C=C\C/C=C\C/C=C\CCCCC(=O)OCC(COCCCCCCCCCC)OC(=O)CCCCCCCCCCCCCCCCC. The second kappa shape index (κ2) is 45.3. The summed E-state index contributed by atoms with van der Waals surface area (Å²) in [5.74, 6) is -0.439. The predicted molar refractivity (Wildman–Crippen MR) is 233 cm³/mol. The zero-order valence-corrected chi connectivity index (χ0v) is 36.0. The Kier molecular flexibility index (Phi) is 43.5. The molecular formula is C49H88O5. The molecule has 0 amide bonds. The van der Waals surface area contributed by atoms with Gasteiger partial charge < -0.3 is 14.2 Å². The highest BCUT2D eigenvalue weighted by Crippen LogP contribution is 2.15. The maximum atomic E-state index is 12.7. The van der Waals surface area contributed by atoms with Crippen LogP contribution in [0.4, 0.5) is 0 Å². The lowest BCUT2D eigenvalue weighted by Crippen LogP contribution is -2.30. The average molecular weight is 757 g/mol. The number of esters is 2. The summed E-state index contributed by atoms with van der Waals surface area (Å²) >= 11 is 0. The van der Waals surface area contributed by atoms with E-state index in [1.807, 2.05) is 0 Å². The Balaban J connectivity index is 4.24. The van der Waals surface area contributed by atoms with Crippen LogP contribution in [-0.4, -0.2) is 37.9 Å². The molecule has 0 aromatic carbocycles. The molecule has 314 valence electrons. The van der Waals surface area contributed by atoms with Crippen molar-refractivity contribution in [3.8, 4) is 0 Å². The smallest absolute Gasteiger partial charge is 0.306 e. The first-order valence-electron chi connectivity index (χ1n) is 23.2. The summed E-state index contributed by atoms with van der Waals surface area (Å²) in [5.41, 5.74) is 0. The number of carbonyl (C=O) groups is 2. The minimum absolute atomic E-state index is 0.0672. The molecule has 0 N–H and O–H groups in total. The lowest BCUT2D eigenvalue weighted by atomic mass is 10.0. The van der Waals surface area contributed by atoms with E-state index in [1.54, 1.807) is 0 Å². The average Bonchev–Trinajstić information content (AvgIpc) is 3.17. The largest absolute Gasteiger partial charge is 0.462 e. The Morgan fingerprint density at radius 1 is 0.426 bits per heavy atom. The van der Waals surface area contributed by atoms with Crippen molar-refractivity contribution in [2.24, 2.45) is 0 Å². The van der Waals surface area contributed by atoms with Crippen molar-refractivity contribution in [3.05, 3.63) is 48.6 Å². The van der Waals surface area contributed by atoms with Crippen LogP contribution in [0.3, 0.4) is 0 Å². The van der Waals surface area contributed by atoms with Crippen molar-refractivity contribution in [1.82, 2.24) is 0 Å². The van der Waals surface area contributed by atoms with Gasteiger partial charge in [-0.25, -0.2) is 0 Å². The highest BCUT2D eigenvalue weighted by molar-refractivity contribution is 5.70. The fourth-order valence-corrected chi connectivity index (χ4v) is 6.44. The Hall–Kier alpha value is -2.14. The van der Waals surface area contributed by atoms with Crippen molar-refractivity contribution in [3.63, 3.8) is 0 Å². The highest BCUT2D eigenvalue weighted by atomic mass is 16.6. The number of hydrogen-bond donors (Lipinski definition) is 0. The van der Waals surface area contributed by atoms with Crippen LogP contribution in [0.2, 0.25) is 0 Å². The van der Waals surface area contributed by atoms with Crippen molar-refractivity contribution < 1.29 is 23.8 Å². The van der Waals surface area contributed by atoms with Crippen LogP contribution in [0.1, 0.15) is 226 Å². The summed E-state index contributed by atoms with van der Waals surface area (Å²) in [6.07, 6.45) is 54.0. The molecule has 0 aliphatic carbocycles. The second-order valence-electron chi connectivity index (χ2n) is 15.3. The summed E-state index contributed by atoms with van der Waals surface area (Å²) in [4.78, 5) is 25.2. The first-order valence-corrected chi connectivity index (χ1v) is 23.2. The monoisotopic (exact) mass is 757 g/mol. The van der Waals surface area contributed by atoms with Gasteiger partial charge in [-0.15, -0.1) is 0 Å². The number of unbranched alkanes of at least 4 members (excludes halogenated alkanes) is 23. The molecule has 0 aromatic heterocycles. The Morgan fingerprint density at radius 3 is 1.33 bits per heavy atom. The van der Waals surface area contributed by atoms with E-state index in [1.165, 1.54) is 122 Å². The molecule has 0 saturated carbocycles. The summed E-state index contributed by atoms with van der Waals surface area (Å²) in [5, 5.41) is 0. The van der Waals surface area contributed by atoms with Crippen molar-refractivity contribution in [2.75, 3.05) is 19.8 Å². The van der Waals surface area contributed by atoms with Crippen LogP contribution < -0.4 is 0 Å². The molecule has 0 radical (unpaired) electrons. The standard InChI is InChI=1S/C49H88O5/c1-4-7-10-13-16-19-21-23-25-27-29-31-33-36-39-42-48(50)53-46-47(45-52-44-41-38-35-18-15-12-9-6-3)54-49(51)43-40-37-34-32-30-28-26-24-22-20-17-14-11-8-5-2/h7,10,16,19,23,25,29,31,47H,4-6,8-9,11-15,17-18,20-22,24,26-28,30,32-46H2,1-3H3/b10-7-,19-16-,25-23-,31-29-. The molecule has 0 spiro atoms. The maximum Gasteiger partial charge on any atom is 0.306 e. The summed E-state index contributed by atoms with van der Waals surface area (Å²) in [6, 6.07) is 0. The number of hydrogen-bond acceptors (Lipinski definition) is 5. The van der Waals surface area contributed by atoms with Gasteiger partial charge in [-0.1, -0.05) is 204 Å². The Bertz CT molecular complexity index is 904. The molecule has 1 unspecified atom stereocenters. The molecule has 0 rings (SSSR count). The highest BCUT2D eigenvalue weighted by Gasteiger charge is 2.17. The van der Waals surface area contributed by atoms with E-state index in [9.17, 15) is 9.59 Å². The number of carbonyl (C=O) groups excluding carboxylic acids is 2. The lowest BCUT2D eigenvalue weighted by molar-refractivity contribution is -0.163. The van der Waals surface area contributed by atoms with E-state index < -0.39 is 6.10 Å². The summed E-state index contributed by atoms with van der Waals surface area (Å²) in [6.45, 7) is 7.67. The normalized spacial score (nSPS) is 12.6. The van der Waals surface area contributed by atoms with Crippen LogP contribution in [0.5, 0.6) is 0 Å². The van der Waals surface area contributed by atoms with Crippen LogP contribution in [0.15, 0.2) is 48.6 Å². The van der Waals surface area contributed by atoms with E-state index in [2.05, 4.69) is 69.4 Å². The van der Waals surface area contributed by atoms with Crippen LogP contribution in [0.25, 0.3) is 0 Å². The van der Waals surface area contributed by atoms with Crippen molar-refractivity contribution in [2.45, 2.75) is 232 Å².